The number of ether oxygens (including phenoxy) is 1. The quantitative estimate of drug-likeness (QED) is 0.370. The van der Waals surface area contributed by atoms with E-state index < -0.39 is 0 Å². The lowest BCUT2D eigenvalue weighted by molar-refractivity contribution is -0.0600. The van der Waals surface area contributed by atoms with Crippen molar-refractivity contribution in [2.45, 2.75) is 71.1 Å². The lowest BCUT2D eigenvalue weighted by Gasteiger charge is -2.46. The monoisotopic (exact) mass is 583 g/mol. The van der Waals surface area contributed by atoms with Crippen LogP contribution in [0.3, 0.4) is 0 Å². The van der Waals surface area contributed by atoms with Crippen molar-refractivity contribution in [1.29, 1.82) is 0 Å². The van der Waals surface area contributed by atoms with Crippen molar-refractivity contribution in [2.75, 3.05) is 20.2 Å². The molecule has 2 aliphatic rings. The highest BCUT2D eigenvalue weighted by Gasteiger charge is 2.36. The van der Waals surface area contributed by atoms with Gasteiger partial charge in [0.15, 0.2) is 0 Å². The first-order valence-corrected chi connectivity index (χ1v) is 13.8. The van der Waals surface area contributed by atoms with Crippen LogP contribution in [0.4, 0.5) is 0 Å². The lowest BCUT2D eigenvalue weighted by atomic mass is 9.77. The number of aryl methyl sites for hydroxylation is 1. The van der Waals surface area contributed by atoms with E-state index in [0.717, 1.165) is 33.5 Å². The fourth-order valence-electron chi connectivity index (χ4n) is 5.36. The number of nitrogens with one attached hydrogen (secondary N) is 2. The average molecular weight is 584 g/mol. The van der Waals surface area contributed by atoms with E-state index >= 15 is 0 Å². The standard InChI is InChI=1S/C25H34IN3O3S/c1-14-9-22(26)28-25(31)20(14)10-27-24(30)21-13-33-23(16(21)3)15(2)17-5-7-18(8-6-17)29-11-19(12-29)32-4/h9,13,15,17-19H,5-8,10-12H2,1-4H3,(H,27,30)(H,28,31). The van der Waals surface area contributed by atoms with E-state index in [2.05, 4.69) is 51.6 Å². The molecule has 3 heterocycles. The molecule has 0 radical (unpaired) electrons. The molecule has 2 aromatic heterocycles. The summed E-state index contributed by atoms with van der Waals surface area (Å²) >= 11 is 3.80. The molecule has 6 nitrogen and oxygen atoms in total. The summed E-state index contributed by atoms with van der Waals surface area (Å²) in [6.45, 7) is 8.69. The maximum absolute atomic E-state index is 12.9. The molecule has 1 saturated heterocycles. The first-order chi connectivity index (χ1) is 15.8. The summed E-state index contributed by atoms with van der Waals surface area (Å²) in [5, 5.41) is 4.94. The molecule has 33 heavy (non-hydrogen) atoms. The Morgan fingerprint density at radius 3 is 2.64 bits per heavy atom. The molecular weight excluding hydrogens is 549 g/mol. The highest BCUT2D eigenvalue weighted by Crippen LogP contribution is 2.41. The van der Waals surface area contributed by atoms with E-state index in [4.69, 9.17) is 4.74 Å². The van der Waals surface area contributed by atoms with Crippen molar-refractivity contribution in [3.63, 3.8) is 0 Å². The number of hydrogen-bond donors (Lipinski definition) is 2. The van der Waals surface area contributed by atoms with E-state index in [-0.39, 0.29) is 18.0 Å². The number of aromatic amines is 1. The van der Waals surface area contributed by atoms with Crippen molar-refractivity contribution in [3.05, 3.63) is 52.6 Å². The Hall–Kier alpha value is -1.23. The minimum Gasteiger partial charge on any atom is -0.379 e. The van der Waals surface area contributed by atoms with Crippen molar-refractivity contribution in [2.24, 2.45) is 5.92 Å². The zero-order valence-corrected chi connectivity index (χ0v) is 22.8. The van der Waals surface area contributed by atoms with Gasteiger partial charge in [0.1, 0.15) is 0 Å². The summed E-state index contributed by atoms with van der Waals surface area (Å²) in [5.74, 6) is 1.03. The van der Waals surface area contributed by atoms with Crippen LogP contribution in [0.1, 0.15) is 70.5 Å². The summed E-state index contributed by atoms with van der Waals surface area (Å²) < 4.78 is 6.23. The van der Waals surface area contributed by atoms with Gasteiger partial charge in [-0.1, -0.05) is 6.92 Å². The number of carbonyl (C=O) groups is 1. The predicted octanol–water partition coefficient (Wildman–Crippen LogP) is 4.58. The number of thiophene rings is 1. The molecule has 1 aliphatic carbocycles. The number of H-pyrrole nitrogens is 1. The third kappa shape index (κ3) is 5.39. The van der Waals surface area contributed by atoms with Gasteiger partial charge >= 0.3 is 0 Å². The summed E-state index contributed by atoms with van der Waals surface area (Å²) in [6, 6.07) is 2.63. The fourth-order valence-corrected chi connectivity index (χ4v) is 7.30. The molecule has 0 bridgehead atoms. The maximum Gasteiger partial charge on any atom is 0.253 e. The second-order valence-electron chi connectivity index (χ2n) is 9.60. The van der Waals surface area contributed by atoms with Crippen molar-refractivity contribution >= 4 is 39.8 Å². The molecule has 0 spiro atoms. The van der Waals surface area contributed by atoms with Crippen LogP contribution < -0.4 is 10.9 Å². The normalized spacial score (nSPS) is 22.7. The van der Waals surface area contributed by atoms with Gasteiger partial charge in [-0.3, -0.25) is 14.5 Å². The number of halogens is 1. The van der Waals surface area contributed by atoms with Crippen LogP contribution in [-0.4, -0.2) is 48.1 Å². The largest absolute Gasteiger partial charge is 0.379 e. The van der Waals surface area contributed by atoms with Crippen LogP contribution in [0.2, 0.25) is 0 Å². The molecule has 1 aliphatic heterocycles. The number of aromatic nitrogens is 1. The third-order valence-corrected chi connectivity index (χ3v) is 9.53. The zero-order valence-electron chi connectivity index (χ0n) is 19.9. The molecular formula is C25H34IN3O3S. The summed E-state index contributed by atoms with van der Waals surface area (Å²) in [6.07, 6.45) is 5.43. The van der Waals surface area contributed by atoms with E-state index in [0.29, 0.717) is 29.5 Å². The molecule has 2 fully saturated rings. The van der Waals surface area contributed by atoms with Crippen molar-refractivity contribution in [3.8, 4) is 0 Å². The SMILES string of the molecule is COC1CN(C2CCC(C(C)c3scc(C(=O)NCc4c(C)cc(I)[nH]c4=O)c3C)CC2)C1. The second-order valence-corrected chi connectivity index (χ2v) is 11.7. The second kappa shape index (κ2) is 10.6. The lowest BCUT2D eigenvalue weighted by Crippen LogP contribution is -2.56. The van der Waals surface area contributed by atoms with Gasteiger partial charge in [0, 0.05) is 48.6 Å². The Morgan fingerprint density at radius 2 is 2.00 bits per heavy atom. The van der Waals surface area contributed by atoms with Crippen molar-refractivity contribution < 1.29 is 9.53 Å². The molecule has 2 N–H and O–H groups in total. The van der Waals surface area contributed by atoms with Gasteiger partial charge in [-0.15, -0.1) is 11.3 Å². The van der Waals surface area contributed by atoms with Gasteiger partial charge in [0.25, 0.3) is 11.5 Å². The summed E-state index contributed by atoms with van der Waals surface area (Å²) in [7, 11) is 1.81. The maximum atomic E-state index is 12.9. The van der Waals surface area contributed by atoms with Gasteiger partial charge in [-0.05, 0) is 91.2 Å². The predicted molar refractivity (Wildman–Crippen MR) is 141 cm³/mol. The minimum absolute atomic E-state index is 0.103. The number of likely N-dealkylation sites (tertiary alicyclic amines) is 1. The summed E-state index contributed by atoms with van der Waals surface area (Å²) in [5.41, 5.74) is 3.20. The molecule has 1 unspecified atom stereocenters. The van der Waals surface area contributed by atoms with Gasteiger partial charge in [-0.25, -0.2) is 0 Å². The fraction of sp³-hybridized carbons (Fsp3) is 0.600. The number of hydrogen-bond acceptors (Lipinski definition) is 5. The molecule has 180 valence electrons. The molecule has 8 heteroatoms. The summed E-state index contributed by atoms with van der Waals surface area (Å²) in [4.78, 5) is 31.9. The first-order valence-electron chi connectivity index (χ1n) is 11.8. The van der Waals surface area contributed by atoms with E-state index in [1.807, 2.05) is 18.4 Å². The molecule has 2 aromatic rings. The Kier molecular flexibility index (Phi) is 7.98. The minimum atomic E-state index is -0.136. The highest BCUT2D eigenvalue weighted by atomic mass is 127. The zero-order chi connectivity index (χ0) is 23.7. The average Bonchev–Trinajstić information content (AvgIpc) is 3.13. The van der Waals surface area contributed by atoms with E-state index in [9.17, 15) is 9.59 Å². The Bertz CT molecular complexity index is 1050. The molecule has 0 aromatic carbocycles. The Balaban J connectivity index is 1.34. The van der Waals surface area contributed by atoms with E-state index in [1.54, 1.807) is 18.4 Å². The Morgan fingerprint density at radius 1 is 1.30 bits per heavy atom. The highest BCUT2D eigenvalue weighted by molar-refractivity contribution is 14.1. The van der Waals surface area contributed by atoms with Crippen LogP contribution in [0, 0.1) is 23.5 Å². The van der Waals surface area contributed by atoms with Gasteiger partial charge < -0.3 is 15.0 Å². The number of nitrogens with zero attached hydrogens (tertiary/aromatic N) is 1. The smallest absolute Gasteiger partial charge is 0.253 e. The van der Waals surface area contributed by atoms with Crippen LogP contribution in [0.25, 0.3) is 0 Å². The first kappa shape index (κ1) is 24.9. The third-order valence-electron chi connectivity index (χ3n) is 7.66. The van der Waals surface area contributed by atoms with Gasteiger partial charge in [0.2, 0.25) is 0 Å². The van der Waals surface area contributed by atoms with Crippen molar-refractivity contribution in [1.82, 2.24) is 15.2 Å². The number of methoxy groups -OCH3 is 1. The number of pyridine rings is 1. The van der Waals surface area contributed by atoms with Crippen LogP contribution >= 0.6 is 33.9 Å². The van der Waals surface area contributed by atoms with Gasteiger partial charge in [0.05, 0.1) is 15.4 Å². The van der Waals surface area contributed by atoms with Crippen LogP contribution in [0.5, 0.6) is 0 Å². The Labute approximate surface area is 213 Å². The van der Waals surface area contributed by atoms with Crippen LogP contribution in [0.15, 0.2) is 16.2 Å². The van der Waals surface area contributed by atoms with Gasteiger partial charge in [-0.2, -0.15) is 0 Å². The van der Waals surface area contributed by atoms with Crippen LogP contribution in [-0.2, 0) is 11.3 Å². The number of amides is 1. The number of carbonyl (C=O) groups excluding carboxylic acids is 1. The van der Waals surface area contributed by atoms with E-state index in [1.165, 1.54) is 30.6 Å². The number of rotatable bonds is 7. The molecule has 1 amide bonds. The molecule has 1 atom stereocenters. The molecule has 4 rings (SSSR count). The topological polar surface area (TPSA) is 74.4 Å². The molecule has 1 saturated carbocycles.